The molecule has 0 atom stereocenters. The van der Waals surface area contributed by atoms with Gasteiger partial charge in [-0.15, -0.1) is 0 Å². The minimum Gasteiger partial charge on any atom is -0.545 e. The number of nitrogens with zero attached hydrogens (tertiary/aromatic N) is 4. The van der Waals surface area contributed by atoms with Gasteiger partial charge < -0.3 is 57.5 Å². The summed E-state index contributed by atoms with van der Waals surface area (Å²) in [6, 6.07) is 0.613. The maximum atomic E-state index is 10.6. The summed E-state index contributed by atoms with van der Waals surface area (Å²) < 4.78 is 5.50. The van der Waals surface area contributed by atoms with Crippen LogP contribution in [0.5, 0.6) is 0 Å². The Hall–Kier alpha value is -3.06. The van der Waals surface area contributed by atoms with Crippen LogP contribution >= 0.6 is 0 Å². The van der Waals surface area contributed by atoms with Crippen LogP contribution in [0, 0.1) is 0 Å². The highest BCUT2D eigenvalue weighted by Crippen LogP contribution is 2.18. The largest absolute Gasteiger partial charge is 0.545 e. The van der Waals surface area contributed by atoms with Crippen molar-refractivity contribution in [3.8, 4) is 0 Å². The smallest absolute Gasteiger partial charge is 0.0783 e. The molecule has 1 rings (SSSR count). The molecule has 1 aromatic rings. The Kier molecular flexibility index (Phi) is 46.8. The molecule has 0 unspecified atom stereocenters. The molecule has 0 amide bonds. The number of benzene rings is 1. The van der Waals surface area contributed by atoms with Gasteiger partial charge >= 0.3 is 0 Å². The lowest BCUT2D eigenvalue weighted by Crippen LogP contribution is -2.50. The Balaban J connectivity index is -0.000000392. The van der Waals surface area contributed by atoms with Gasteiger partial charge in [0.2, 0.25) is 0 Å². The number of hydrogen-bond donors (Lipinski definition) is 0. The van der Waals surface area contributed by atoms with Crippen LogP contribution in [-0.4, -0.2) is 147 Å². The van der Waals surface area contributed by atoms with Gasteiger partial charge in [-0.1, -0.05) is 111 Å². The molecule has 0 saturated carbocycles. The van der Waals surface area contributed by atoms with E-state index in [-0.39, 0.29) is 0 Å². The second kappa shape index (κ2) is 44.6. The van der Waals surface area contributed by atoms with E-state index in [1.807, 2.05) is 0 Å². The first kappa shape index (κ1) is 73.5. The Bertz CT molecular complexity index is 1140. The summed E-state index contributed by atoms with van der Waals surface area (Å²) >= 11 is 0. The molecule has 0 fully saturated rings. The van der Waals surface area contributed by atoms with Crippen molar-refractivity contribution in [3.63, 3.8) is 0 Å². The number of carboxylic acid groups (broad SMARTS) is 4. The van der Waals surface area contributed by atoms with Crippen molar-refractivity contribution in [1.82, 2.24) is 0 Å². The fourth-order valence-corrected chi connectivity index (χ4v) is 11.5. The molecule has 414 valence electrons. The molecule has 70 heavy (non-hydrogen) atoms. The van der Waals surface area contributed by atoms with Crippen molar-refractivity contribution in [2.24, 2.45) is 0 Å². The third-order valence-corrected chi connectivity index (χ3v) is 13.2. The minimum absolute atomic E-state index is 0.306. The number of rotatable bonds is 36. The highest BCUT2D eigenvalue weighted by molar-refractivity contribution is 6.07. The van der Waals surface area contributed by atoms with E-state index in [0.717, 1.165) is 0 Å². The van der Waals surface area contributed by atoms with E-state index in [4.69, 9.17) is 0 Å². The molecule has 12 nitrogen and oxygen atoms in total. The van der Waals surface area contributed by atoms with Gasteiger partial charge in [0.25, 0.3) is 0 Å². The van der Waals surface area contributed by atoms with Gasteiger partial charge in [-0.3, -0.25) is 0 Å². The maximum absolute atomic E-state index is 10.6. The van der Waals surface area contributed by atoms with Crippen LogP contribution in [-0.2, 0) is 0 Å². The number of carboxylic acids is 4. The first-order valence-electron chi connectivity index (χ1n) is 28.7. The highest BCUT2D eigenvalue weighted by atomic mass is 16.4. The number of aromatic carboxylic acids is 4. The van der Waals surface area contributed by atoms with Gasteiger partial charge in [-0.05, 0) is 115 Å². The van der Waals surface area contributed by atoms with Crippen molar-refractivity contribution < 1.29 is 57.5 Å². The average Bonchev–Trinajstić information content (AvgIpc) is 3.28. The van der Waals surface area contributed by atoms with Crippen LogP contribution < -0.4 is 20.4 Å². The summed E-state index contributed by atoms with van der Waals surface area (Å²) in [7, 11) is 0. The van der Waals surface area contributed by atoms with Crippen LogP contribution in [0.2, 0.25) is 0 Å². The normalized spacial score (nSPS) is 11.4. The molecular weight excluding hydrogens is 881 g/mol. The topological polar surface area (TPSA) is 161 Å². The lowest BCUT2D eigenvalue weighted by Gasteiger charge is -2.38. The second-order valence-corrected chi connectivity index (χ2v) is 20.0. The molecule has 0 spiro atoms. The molecule has 0 aliphatic rings. The summed E-state index contributed by atoms with van der Waals surface area (Å²) in [5.41, 5.74) is -4.11. The Labute approximate surface area is 432 Å². The SMILES string of the molecule is CCC[N+](CCC)(CCC)CCC.CCC[N+](CCC)(CCC)CCC.CCC[N+](CCC)(CCC)CCC.CCC[N+](CCC)(CCC)CCC.O=C([O-])c1cc(C(=O)[O-])c(C(=O)[O-])cc1C(=O)[O-]. The van der Waals surface area contributed by atoms with Crippen molar-refractivity contribution in [1.29, 1.82) is 0 Å². The molecule has 0 bridgehead atoms. The Morgan fingerprint density at radius 3 is 0.386 bits per heavy atom. The molecule has 0 radical (unpaired) electrons. The number of hydrogen-bond acceptors (Lipinski definition) is 8. The quantitative estimate of drug-likeness (QED) is 0.0603. The fraction of sp³-hybridized carbons (Fsp3) is 0.828. The fourth-order valence-electron chi connectivity index (χ4n) is 11.5. The molecule has 0 aliphatic carbocycles. The van der Waals surface area contributed by atoms with E-state index in [0.29, 0.717) is 12.1 Å². The van der Waals surface area contributed by atoms with Crippen LogP contribution in [0.4, 0.5) is 0 Å². The zero-order valence-electron chi connectivity index (χ0n) is 48.8. The number of quaternary nitrogens is 4. The van der Waals surface area contributed by atoms with Crippen molar-refractivity contribution in [3.05, 3.63) is 34.4 Å². The number of carbonyl (C=O) groups is 4. The second-order valence-electron chi connectivity index (χ2n) is 20.0. The van der Waals surface area contributed by atoms with Crippen molar-refractivity contribution >= 4 is 23.9 Å². The summed E-state index contributed by atoms with van der Waals surface area (Å²) in [6.45, 7) is 59.2. The predicted octanol–water partition coefficient (Wildman–Crippen LogP) is 8.91. The van der Waals surface area contributed by atoms with Gasteiger partial charge in [0, 0.05) is 22.3 Å². The van der Waals surface area contributed by atoms with E-state index in [1.54, 1.807) is 0 Å². The van der Waals surface area contributed by atoms with Crippen molar-refractivity contribution in [2.75, 3.05) is 105 Å². The predicted molar refractivity (Wildman–Crippen MR) is 287 cm³/mol. The van der Waals surface area contributed by atoms with E-state index >= 15 is 0 Å². The van der Waals surface area contributed by atoms with Gasteiger partial charge in [-0.2, -0.15) is 0 Å². The van der Waals surface area contributed by atoms with E-state index in [2.05, 4.69) is 111 Å². The zero-order valence-corrected chi connectivity index (χ0v) is 48.8. The van der Waals surface area contributed by atoms with Crippen LogP contribution in [0.25, 0.3) is 0 Å². The third kappa shape index (κ3) is 30.7. The molecule has 0 heterocycles. The van der Waals surface area contributed by atoms with Crippen LogP contribution in [0.1, 0.15) is 255 Å². The van der Waals surface area contributed by atoms with E-state index in [9.17, 15) is 39.6 Å². The van der Waals surface area contributed by atoms with Crippen LogP contribution in [0.15, 0.2) is 12.1 Å². The summed E-state index contributed by atoms with van der Waals surface area (Å²) in [4.78, 5) is 42.4. The lowest BCUT2D eigenvalue weighted by molar-refractivity contribution is -0.928. The Morgan fingerprint density at radius 1 is 0.243 bits per heavy atom. The summed E-state index contributed by atoms with van der Waals surface area (Å²) in [5, 5.41) is 42.4. The first-order valence-corrected chi connectivity index (χ1v) is 28.7. The van der Waals surface area contributed by atoms with Gasteiger partial charge in [0.15, 0.2) is 0 Å². The minimum atomic E-state index is -2.00. The molecule has 0 aromatic heterocycles. The Morgan fingerprint density at radius 2 is 0.329 bits per heavy atom. The first-order chi connectivity index (χ1) is 33.2. The van der Waals surface area contributed by atoms with Gasteiger partial charge in [0.05, 0.1) is 129 Å². The summed E-state index contributed by atoms with van der Waals surface area (Å²) in [5.74, 6) is -7.99. The van der Waals surface area contributed by atoms with E-state index < -0.39 is 46.1 Å². The highest BCUT2D eigenvalue weighted by Gasteiger charge is 2.26. The van der Waals surface area contributed by atoms with Crippen molar-refractivity contribution in [2.45, 2.75) is 214 Å². The molecular formula is C58H114N4O8. The molecule has 0 N–H and O–H groups in total. The average molecular weight is 996 g/mol. The third-order valence-electron chi connectivity index (χ3n) is 13.2. The van der Waals surface area contributed by atoms with Crippen LogP contribution in [0.3, 0.4) is 0 Å². The van der Waals surface area contributed by atoms with E-state index in [1.165, 1.54) is 225 Å². The molecule has 1 aromatic carbocycles. The molecule has 0 saturated heterocycles. The lowest BCUT2D eigenvalue weighted by atomic mass is 9.98. The molecule has 0 aliphatic heterocycles. The van der Waals surface area contributed by atoms with Gasteiger partial charge in [0.1, 0.15) is 0 Å². The monoisotopic (exact) mass is 995 g/mol. The molecule has 12 heteroatoms. The number of carbonyl (C=O) groups excluding carboxylic acids is 4. The van der Waals surface area contributed by atoms with Gasteiger partial charge in [-0.25, -0.2) is 0 Å². The standard InChI is InChI=1S/4C12H28N.C10H6O8/c4*1-5-9-13(10-6-2,11-7-3)12-8-4;11-7(12)3-1-4(8(13)14)6(10(17)18)2-5(3)9(15)16/h4*5-12H2,1-4H3;1-2H,(H,11,12)(H,13,14)(H,15,16)(H,17,18)/q4*+1;/p-4. The maximum Gasteiger partial charge on any atom is 0.0783 e. The summed E-state index contributed by atoms with van der Waals surface area (Å²) in [6.07, 6.45) is 21.3. The zero-order chi connectivity index (χ0) is 54.7.